The Morgan fingerprint density at radius 1 is 1.26 bits per heavy atom. The highest BCUT2D eigenvalue weighted by molar-refractivity contribution is 5.37. The van der Waals surface area contributed by atoms with Gasteiger partial charge in [0.05, 0.1) is 0 Å². The summed E-state index contributed by atoms with van der Waals surface area (Å²) in [6.45, 7) is 2.87. The third kappa shape index (κ3) is 7.00. The number of rotatable bonds is 7. The monoisotopic (exact) mass is 259 g/mol. The maximum Gasteiger partial charge on any atom is 0.115 e. The van der Waals surface area contributed by atoms with E-state index in [4.69, 9.17) is 5.73 Å². The Balaban J connectivity index is 2.51. The minimum Gasteiger partial charge on any atom is -0.380 e. The van der Waals surface area contributed by atoms with Crippen molar-refractivity contribution in [2.45, 2.75) is 51.6 Å². The first-order valence-electron chi connectivity index (χ1n) is 7.25. The van der Waals surface area contributed by atoms with Crippen LogP contribution in [0.1, 0.15) is 50.2 Å². The Hall–Kier alpha value is -1.30. The summed E-state index contributed by atoms with van der Waals surface area (Å²) in [7, 11) is 0. The number of aliphatic hydroxyl groups is 1. The topological polar surface area (TPSA) is 46.2 Å². The maximum absolute atomic E-state index is 9.76. The van der Waals surface area contributed by atoms with Crippen LogP contribution in [-0.4, -0.2) is 17.8 Å². The van der Waals surface area contributed by atoms with Crippen molar-refractivity contribution in [3.05, 3.63) is 35.4 Å². The minimum atomic E-state index is -0.501. The zero-order valence-electron chi connectivity index (χ0n) is 11.9. The summed E-state index contributed by atoms with van der Waals surface area (Å²) in [4.78, 5) is 0. The number of unbranched alkanes of at least 4 members (excludes halogenated alkanes) is 2. The van der Waals surface area contributed by atoms with Gasteiger partial charge < -0.3 is 10.8 Å². The lowest BCUT2D eigenvalue weighted by Crippen LogP contribution is -2.02. The quantitative estimate of drug-likeness (QED) is 0.584. The second-order valence-electron chi connectivity index (χ2n) is 4.87. The standard InChI is InChI=1S/C17H25NO/c1-2-3-4-10-17(19)12-11-16-8-5-7-15(14-16)9-6-13-18/h5,7-8,14,17,19H,2-4,6,9-10,13,18H2,1H3. The summed E-state index contributed by atoms with van der Waals surface area (Å²) in [5.74, 6) is 5.98. The molecule has 2 heteroatoms. The lowest BCUT2D eigenvalue weighted by molar-refractivity contribution is 0.217. The van der Waals surface area contributed by atoms with Crippen LogP contribution in [0.25, 0.3) is 0 Å². The van der Waals surface area contributed by atoms with E-state index in [1.165, 1.54) is 12.0 Å². The van der Waals surface area contributed by atoms with E-state index in [1.54, 1.807) is 0 Å². The molecule has 0 aliphatic rings. The number of aliphatic hydroxyl groups excluding tert-OH is 1. The highest BCUT2D eigenvalue weighted by Gasteiger charge is 1.98. The number of hydrogen-bond acceptors (Lipinski definition) is 2. The molecule has 0 bridgehead atoms. The number of benzene rings is 1. The van der Waals surface area contributed by atoms with E-state index in [9.17, 15) is 5.11 Å². The molecule has 0 radical (unpaired) electrons. The predicted molar refractivity (Wildman–Crippen MR) is 80.8 cm³/mol. The molecule has 1 unspecified atom stereocenters. The molecule has 0 aromatic heterocycles. The Kier molecular flexibility index (Phi) is 7.97. The Labute approximate surface area is 117 Å². The van der Waals surface area contributed by atoms with E-state index in [0.29, 0.717) is 6.54 Å². The summed E-state index contributed by atoms with van der Waals surface area (Å²) in [6.07, 6.45) is 5.63. The predicted octanol–water partition coefficient (Wildman–Crippen LogP) is 2.87. The van der Waals surface area contributed by atoms with Gasteiger partial charge in [-0.2, -0.15) is 0 Å². The van der Waals surface area contributed by atoms with Crippen LogP contribution in [0.4, 0.5) is 0 Å². The molecule has 0 aliphatic heterocycles. The third-order valence-electron chi connectivity index (χ3n) is 3.06. The summed E-state index contributed by atoms with van der Waals surface area (Å²) in [5, 5.41) is 9.76. The van der Waals surface area contributed by atoms with Crippen LogP contribution < -0.4 is 5.73 Å². The molecule has 0 spiro atoms. The largest absolute Gasteiger partial charge is 0.380 e. The average molecular weight is 259 g/mol. The summed E-state index contributed by atoms with van der Waals surface area (Å²) >= 11 is 0. The highest BCUT2D eigenvalue weighted by atomic mass is 16.3. The molecule has 0 aliphatic carbocycles. The fourth-order valence-electron chi connectivity index (χ4n) is 1.94. The second kappa shape index (κ2) is 9.61. The van der Waals surface area contributed by atoms with Gasteiger partial charge in [-0.1, -0.05) is 43.7 Å². The van der Waals surface area contributed by atoms with Crippen molar-refractivity contribution in [1.82, 2.24) is 0 Å². The second-order valence-corrected chi connectivity index (χ2v) is 4.87. The molecule has 0 heterocycles. The highest BCUT2D eigenvalue weighted by Crippen LogP contribution is 2.07. The van der Waals surface area contributed by atoms with Gasteiger partial charge in [0, 0.05) is 5.56 Å². The Morgan fingerprint density at radius 2 is 2.11 bits per heavy atom. The summed E-state index contributed by atoms with van der Waals surface area (Å²) in [6, 6.07) is 8.18. The smallest absolute Gasteiger partial charge is 0.115 e. The van der Waals surface area contributed by atoms with Gasteiger partial charge in [-0.25, -0.2) is 0 Å². The van der Waals surface area contributed by atoms with Crippen molar-refractivity contribution in [3.63, 3.8) is 0 Å². The number of hydrogen-bond donors (Lipinski definition) is 2. The molecule has 1 atom stereocenters. The molecular formula is C17H25NO. The van der Waals surface area contributed by atoms with Gasteiger partial charge in [0.25, 0.3) is 0 Å². The van der Waals surface area contributed by atoms with Crippen LogP contribution in [0.5, 0.6) is 0 Å². The van der Waals surface area contributed by atoms with Crippen LogP contribution in [0.15, 0.2) is 24.3 Å². The number of aryl methyl sites for hydroxylation is 1. The SMILES string of the molecule is CCCCCC(O)C#Cc1cccc(CCCN)c1. The van der Waals surface area contributed by atoms with Gasteiger partial charge in [-0.05, 0) is 49.9 Å². The van der Waals surface area contributed by atoms with Crippen LogP contribution in [0, 0.1) is 11.8 Å². The van der Waals surface area contributed by atoms with Crippen molar-refractivity contribution in [2.75, 3.05) is 6.54 Å². The molecule has 104 valence electrons. The van der Waals surface area contributed by atoms with Crippen LogP contribution in [0.2, 0.25) is 0 Å². The van der Waals surface area contributed by atoms with Crippen molar-refractivity contribution >= 4 is 0 Å². The summed E-state index contributed by atoms with van der Waals surface area (Å²) < 4.78 is 0. The van der Waals surface area contributed by atoms with E-state index in [-0.39, 0.29) is 0 Å². The summed E-state index contributed by atoms with van der Waals surface area (Å²) in [5.41, 5.74) is 7.75. The fraction of sp³-hybridized carbons (Fsp3) is 0.529. The molecule has 0 saturated heterocycles. The first-order chi connectivity index (χ1) is 9.26. The Morgan fingerprint density at radius 3 is 2.84 bits per heavy atom. The van der Waals surface area contributed by atoms with Gasteiger partial charge in [-0.15, -0.1) is 0 Å². The Bertz CT molecular complexity index is 417. The van der Waals surface area contributed by atoms with Gasteiger partial charge in [0.1, 0.15) is 6.10 Å². The lowest BCUT2D eigenvalue weighted by atomic mass is 10.1. The zero-order chi connectivity index (χ0) is 13.9. The van der Waals surface area contributed by atoms with E-state index in [0.717, 1.165) is 37.7 Å². The van der Waals surface area contributed by atoms with Gasteiger partial charge in [-0.3, -0.25) is 0 Å². The third-order valence-corrected chi connectivity index (χ3v) is 3.06. The van der Waals surface area contributed by atoms with Gasteiger partial charge in [0.15, 0.2) is 0 Å². The zero-order valence-corrected chi connectivity index (χ0v) is 11.9. The molecule has 0 fully saturated rings. The van der Waals surface area contributed by atoms with Crippen LogP contribution in [-0.2, 0) is 6.42 Å². The maximum atomic E-state index is 9.76. The molecule has 1 rings (SSSR count). The normalized spacial score (nSPS) is 11.7. The van der Waals surface area contributed by atoms with Crippen molar-refractivity contribution in [2.24, 2.45) is 5.73 Å². The lowest BCUT2D eigenvalue weighted by Gasteiger charge is -2.02. The molecule has 1 aromatic carbocycles. The molecule has 19 heavy (non-hydrogen) atoms. The molecule has 1 aromatic rings. The first kappa shape index (κ1) is 15.8. The van der Waals surface area contributed by atoms with E-state index >= 15 is 0 Å². The van der Waals surface area contributed by atoms with Crippen LogP contribution >= 0.6 is 0 Å². The van der Waals surface area contributed by atoms with Gasteiger partial charge in [0.2, 0.25) is 0 Å². The molecule has 0 saturated carbocycles. The van der Waals surface area contributed by atoms with E-state index in [2.05, 4.69) is 30.9 Å². The molecule has 3 N–H and O–H groups in total. The van der Waals surface area contributed by atoms with Crippen molar-refractivity contribution in [1.29, 1.82) is 0 Å². The van der Waals surface area contributed by atoms with Crippen molar-refractivity contribution < 1.29 is 5.11 Å². The number of nitrogens with two attached hydrogens (primary N) is 1. The average Bonchev–Trinajstić information content (AvgIpc) is 2.44. The first-order valence-corrected chi connectivity index (χ1v) is 7.25. The molecule has 0 amide bonds. The molecule has 2 nitrogen and oxygen atoms in total. The van der Waals surface area contributed by atoms with E-state index < -0.39 is 6.10 Å². The molecular weight excluding hydrogens is 234 g/mol. The fourth-order valence-corrected chi connectivity index (χ4v) is 1.94. The van der Waals surface area contributed by atoms with Crippen molar-refractivity contribution in [3.8, 4) is 11.8 Å². The van der Waals surface area contributed by atoms with Gasteiger partial charge >= 0.3 is 0 Å². The minimum absolute atomic E-state index is 0.501. The van der Waals surface area contributed by atoms with Crippen LogP contribution in [0.3, 0.4) is 0 Å². The van der Waals surface area contributed by atoms with E-state index in [1.807, 2.05) is 12.1 Å².